The number of aliphatic hydroxyl groups excluding tert-OH is 1. The number of piperidine rings is 1. The van der Waals surface area contributed by atoms with E-state index in [2.05, 4.69) is 20.9 Å². The van der Waals surface area contributed by atoms with Gasteiger partial charge in [-0.25, -0.2) is 9.97 Å². The second kappa shape index (κ2) is 9.43. The van der Waals surface area contributed by atoms with E-state index in [1.54, 1.807) is 0 Å². The first-order chi connectivity index (χ1) is 12.3. The zero-order chi connectivity index (χ0) is 17.5. The van der Waals surface area contributed by atoms with Gasteiger partial charge in [-0.2, -0.15) is 0 Å². The van der Waals surface area contributed by atoms with Crippen LogP contribution in [0, 0.1) is 6.92 Å². The minimum atomic E-state index is 0.0904. The van der Waals surface area contributed by atoms with Gasteiger partial charge in [-0.05, 0) is 26.3 Å². The number of morpholine rings is 1. The summed E-state index contributed by atoms with van der Waals surface area (Å²) in [6.45, 7) is 9.54. The van der Waals surface area contributed by atoms with E-state index in [1.165, 1.54) is 12.8 Å². The highest BCUT2D eigenvalue weighted by molar-refractivity contribution is 5.41. The van der Waals surface area contributed by atoms with Crippen molar-refractivity contribution in [3.8, 4) is 0 Å². The third-order valence-corrected chi connectivity index (χ3v) is 4.89. The smallest absolute Gasteiger partial charge is 0.132 e. The number of hydrogen-bond donors (Lipinski definition) is 1. The molecule has 25 heavy (non-hydrogen) atoms. The van der Waals surface area contributed by atoms with E-state index in [0.29, 0.717) is 19.1 Å². The van der Waals surface area contributed by atoms with E-state index >= 15 is 0 Å². The molecule has 0 aromatic carbocycles. The number of aryl methyl sites for hydroxylation is 1. The highest BCUT2D eigenvalue weighted by atomic mass is 16.5. The number of ether oxygens (including phenoxy) is 2. The molecule has 0 bridgehead atoms. The monoisotopic (exact) mass is 350 g/mol. The maximum atomic E-state index is 8.79. The molecule has 0 spiro atoms. The zero-order valence-corrected chi connectivity index (χ0v) is 15.2. The van der Waals surface area contributed by atoms with Crippen molar-refractivity contribution in [1.29, 1.82) is 0 Å². The number of likely N-dealkylation sites (tertiary alicyclic amines) is 1. The molecule has 0 unspecified atom stereocenters. The van der Waals surface area contributed by atoms with Crippen molar-refractivity contribution >= 4 is 5.82 Å². The lowest BCUT2D eigenvalue weighted by Gasteiger charge is -2.33. The summed E-state index contributed by atoms with van der Waals surface area (Å²) in [5, 5.41) is 8.79. The van der Waals surface area contributed by atoms with Crippen LogP contribution in [0.25, 0.3) is 0 Å². The summed E-state index contributed by atoms with van der Waals surface area (Å²) >= 11 is 0. The lowest BCUT2D eigenvalue weighted by Crippen LogP contribution is -2.38. The van der Waals surface area contributed by atoms with Gasteiger partial charge < -0.3 is 24.4 Å². The molecule has 7 heteroatoms. The molecular formula is C18H30N4O3. The fraction of sp³-hybridized carbons (Fsp3) is 0.778. The highest BCUT2D eigenvalue weighted by Crippen LogP contribution is 2.27. The molecule has 0 radical (unpaired) electrons. The summed E-state index contributed by atoms with van der Waals surface area (Å²) < 4.78 is 10.9. The van der Waals surface area contributed by atoms with Crippen molar-refractivity contribution < 1.29 is 14.6 Å². The van der Waals surface area contributed by atoms with Crippen LogP contribution in [0.1, 0.15) is 30.3 Å². The lowest BCUT2D eigenvalue weighted by atomic mass is 9.94. The largest absolute Gasteiger partial charge is 0.394 e. The van der Waals surface area contributed by atoms with Gasteiger partial charge in [-0.1, -0.05) is 0 Å². The van der Waals surface area contributed by atoms with Gasteiger partial charge in [-0.3, -0.25) is 0 Å². The van der Waals surface area contributed by atoms with Crippen molar-refractivity contribution in [2.75, 3.05) is 70.7 Å². The quantitative estimate of drug-likeness (QED) is 0.730. The van der Waals surface area contributed by atoms with Crippen LogP contribution >= 0.6 is 0 Å². The summed E-state index contributed by atoms with van der Waals surface area (Å²) in [5.74, 6) is 2.34. The molecule has 2 fully saturated rings. The van der Waals surface area contributed by atoms with Gasteiger partial charge in [0.05, 0.1) is 38.7 Å². The molecule has 2 aliphatic rings. The van der Waals surface area contributed by atoms with Crippen LogP contribution in [0.2, 0.25) is 0 Å². The Morgan fingerprint density at radius 3 is 2.88 bits per heavy atom. The molecule has 7 nitrogen and oxygen atoms in total. The first-order valence-corrected chi connectivity index (χ1v) is 9.35. The first kappa shape index (κ1) is 18.5. The van der Waals surface area contributed by atoms with Crippen LogP contribution in [0.4, 0.5) is 5.82 Å². The molecule has 0 amide bonds. The molecule has 1 aromatic heterocycles. The first-order valence-electron chi connectivity index (χ1n) is 9.35. The SMILES string of the molecule is Cc1nc([C@H]2CCCN(CCOCCO)C2)cc(N2CCOCC2)n1. The molecule has 3 rings (SSSR count). The fourth-order valence-corrected chi connectivity index (χ4v) is 3.60. The Bertz CT molecular complexity index is 537. The third-order valence-electron chi connectivity index (χ3n) is 4.89. The zero-order valence-electron chi connectivity index (χ0n) is 15.2. The normalized spacial score (nSPS) is 22.3. The molecule has 2 aliphatic heterocycles. The number of aromatic nitrogens is 2. The Balaban J connectivity index is 1.62. The van der Waals surface area contributed by atoms with Crippen LogP contribution in [-0.2, 0) is 9.47 Å². The molecule has 1 atom stereocenters. The van der Waals surface area contributed by atoms with E-state index in [0.717, 1.165) is 63.3 Å². The van der Waals surface area contributed by atoms with Gasteiger partial charge in [0.2, 0.25) is 0 Å². The molecule has 2 saturated heterocycles. The van der Waals surface area contributed by atoms with E-state index in [1.807, 2.05) is 6.92 Å². The minimum Gasteiger partial charge on any atom is -0.394 e. The molecule has 3 heterocycles. The number of aliphatic hydroxyl groups is 1. The predicted molar refractivity (Wildman–Crippen MR) is 96.1 cm³/mol. The molecule has 140 valence electrons. The van der Waals surface area contributed by atoms with Gasteiger partial charge in [0, 0.05) is 38.2 Å². The van der Waals surface area contributed by atoms with Gasteiger partial charge in [-0.15, -0.1) is 0 Å². The topological polar surface area (TPSA) is 71.0 Å². The van der Waals surface area contributed by atoms with E-state index in [4.69, 9.17) is 19.6 Å². The number of hydrogen-bond acceptors (Lipinski definition) is 7. The van der Waals surface area contributed by atoms with Crippen LogP contribution in [0.3, 0.4) is 0 Å². The molecule has 1 aromatic rings. The summed E-state index contributed by atoms with van der Waals surface area (Å²) in [6.07, 6.45) is 2.35. The van der Waals surface area contributed by atoms with Crippen molar-refractivity contribution in [3.05, 3.63) is 17.6 Å². The standard InChI is InChI=1S/C18H30N4O3/c1-15-19-17(13-18(20-15)22-6-10-24-11-7-22)16-3-2-4-21(14-16)5-9-25-12-8-23/h13,16,23H,2-12,14H2,1H3/t16-/m0/s1. The van der Waals surface area contributed by atoms with Crippen molar-refractivity contribution in [2.45, 2.75) is 25.7 Å². The lowest BCUT2D eigenvalue weighted by molar-refractivity contribution is 0.0670. The second-order valence-electron chi connectivity index (χ2n) is 6.77. The average molecular weight is 350 g/mol. The summed E-state index contributed by atoms with van der Waals surface area (Å²) in [5.41, 5.74) is 1.16. The molecule has 0 aliphatic carbocycles. The number of rotatable bonds is 7. The maximum absolute atomic E-state index is 8.79. The summed E-state index contributed by atoms with van der Waals surface area (Å²) in [4.78, 5) is 14.1. The Morgan fingerprint density at radius 1 is 1.24 bits per heavy atom. The predicted octanol–water partition coefficient (Wildman–Crippen LogP) is 0.810. The van der Waals surface area contributed by atoms with Gasteiger partial charge in [0.25, 0.3) is 0 Å². The van der Waals surface area contributed by atoms with Crippen LogP contribution in [0.15, 0.2) is 6.07 Å². The number of nitrogens with zero attached hydrogens (tertiary/aromatic N) is 4. The Hall–Kier alpha value is -1.28. The van der Waals surface area contributed by atoms with Gasteiger partial charge in [0.1, 0.15) is 11.6 Å². The fourth-order valence-electron chi connectivity index (χ4n) is 3.60. The third kappa shape index (κ3) is 5.34. The average Bonchev–Trinajstić information content (AvgIpc) is 2.66. The summed E-state index contributed by atoms with van der Waals surface area (Å²) in [6, 6.07) is 2.18. The second-order valence-corrected chi connectivity index (χ2v) is 6.77. The van der Waals surface area contributed by atoms with Crippen molar-refractivity contribution in [2.24, 2.45) is 0 Å². The number of anilines is 1. The molecule has 1 N–H and O–H groups in total. The van der Waals surface area contributed by atoms with E-state index in [9.17, 15) is 0 Å². The molecular weight excluding hydrogens is 320 g/mol. The van der Waals surface area contributed by atoms with E-state index in [-0.39, 0.29) is 6.61 Å². The molecule has 0 saturated carbocycles. The van der Waals surface area contributed by atoms with Crippen LogP contribution in [0.5, 0.6) is 0 Å². The Labute approximate surface area is 150 Å². The highest BCUT2D eigenvalue weighted by Gasteiger charge is 2.24. The maximum Gasteiger partial charge on any atom is 0.132 e. The van der Waals surface area contributed by atoms with Crippen LogP contribution in [-0.4, -0.2) is 85.7 Å². The van der Waals surface area contributed by atoms with Gasteiger partial charge >= 0.3 is 0 Å². The van der Waals surface area contributed by atoms with Gasteiger partial charge in [0.15, 0.2) is 0 Å². The van der Waals surface area contributed by atoms with Crippen molar-refractivity contribution in [1.82, 2.24) is 14.9 Å². The minimum absolute atomic E-state index is 0.0904. The Kier molecular flexibility index (Phi) is 6.98. The van der Waals surface area contributed by atoms with E-state index < -0.39 is 0 Å². The Morgan fingerprint density at radius 2 is 2.08 bits per heavy atom. The van der Waals surface area contributed by atoms with Crippen molar-refractivity contribution in [3.63, 3.8) is 0 Å². The summed E-state index contributed by atoms with van der Waals surface area (Å²) in [7, 11) is 0. The van der Waals surface area contributed by atoms with Crippen LogP contribution < -0.4 is 4.90 Å².